The summed E-state index contributed by atoms with van der Waals surface area (Å²) in [6, 6.07) is 7.86. The van der Waals surface area contributed by atoms with Crippen molar-refractivity contribution in [3.05, 3.63) is 39.6 Å². The van der Waals surface area contributed by atoms with Gasteiger partial charge < -0.3 is 19.5 Å². The highest BCUT2D eigenvalue weighted by Crippen LogP contribution is 2.35. The molecule has 1 aromatic carbocycles. The van der Waals surface area contributed by atoms with Crippen LogP contribution in [-0.4, -0.2) is 13.8 Å². The van der Waals surface area contributed by atoms with E-state index in [-0.39, 0.29) is 6.79 Å². The number of hydrogen-bond acceptors (Lipinski definition) is 5. The van der Waals surface area contributed by atoms with E-state index in [0.29, 0.717) is 6.61 Å². The molecule has 0 radical (unpaired) electrons. The Kier molecular flexibility index (Phi) is 3.80. The van der Waals surface area contributed by atoms with E-state index in [1.807, 2.05) is 25.2 Å². The van der Waals surface area contributed by atoms with Crippen molar-refractivity contribution in [3.63, 3.8) is 0 Å². The van der Waals surface area contributed by atoms with Crippen LogP contribution in [0.25, 0.3) is 0 Å². The van der Waals surface area contributed by atoms with Gasteiger partial charge in [-0.2, -0.15) is 0 Å². The van der Waals surface area contributed by atoms with Crippen LogP contribution in [0.1, 0.15) is 15.3 Å². The second-order valence-corrected chi connectivity index (χ2v) is 5.97. The first-order chi connectivity index (χ1) is 9.76. The lowest BCUT2D eigenvalue weighted by Crippen LogP contribution is -2.02. The normalized spacial score (nSPS) is 12.7. The molecule has 1 aromatic heterocycles. The topological polar surface area (TPSA) is 39.7 Å². The van der Waals surface area contributed by atoms with Gasteiger partial charge in [-0.1, -0.05) is 0 Å². The maximum atomic E-state index is 5.84. The van der Waals surface area contributed by atoms with Crippen LogP contribution in [0.3, 0.4) is 0 Å². The summed E-state index contributed by atoms with van der Waals surface area (Å²) in [5.74, 6) is 2.33. The van der Waals surface area contributed by atoms with E-state index >= 15 is 0 Å². The monoisotopic (exact) mass is 291 g/mol. The number of thiophene rings is 1. The average molecular weight is 291 g/mol. The molecule has 1 N–H and O–H groups in total. The van der Waals surface area contributed by atoms with E-state index in [9.17, 15) is 0 Å². The lowest BCUT2D eigenvalue weighted by atomic mass is 10.2. The van der Waals surface area contributed by atoms with Crippen molar-refractivity contribution in [2.45, 2.75) is 20.1 Å². The van der Waals surface area contributed by atoms with Crippen LogP contribution in [-0.2, 0) is 13.2 Å². The molecule has 0 fully saturated rings. The molecule has 4 nitrogen and oxygen atoms in total. The highest BCUT2D eigenvalue weighted by molar-refractivity contribution is 7.12. The molecule has 1 aliphatic heterocycles. The minimum absolute atomic E-state index is 0.288. The first-order valence-corrected chi connectivity index (χ1v) is 7.33. The van der Waals surface area contributed by atoms with Crippen molar-refractivity contribution in [2.75, 3.05) is 13.8 Å². The van der Waals surface area contributed by atoms with Gasteiger partial charge in [0.1, 0.15) is 12.4 Å². The molecule has 0 aliphatic carbocycles. The van der Waals surface area contributed by atoms with E-state index in [1.165, 1.54) is 15.3 Å². The summed E-state index contributed by atoms with van der Waals surface area (Å²) in [6.45, 7) is 3.89. The van der Waals surface area contributed by atoms with Crippen LogP contribution in [0.4, 0.5) is 0 Å². The third kappa shape index (κ3) is 2.73. The molecular formula is C15H17NO3S. The van der Waals surface area contributed by atoms with Crippen LogP contribution < -0.4 is 19.5 Å². The van der Waals surface area contributed by atoms with Crippen molar-refractivity contribution < 1.29 is 14.2 Å². The van der Waals surface area contributed by atoms with Crippen LogP contribution in [0.5, 0.6) is 17.2 Å². The minimum atomic E-state index is 0.288. The molecule has 0 unspecified atom stereocenters. The largest absolute Gasteiger partial charge is 0.489 e. The van der Waals surface area contributed by atoms with Gasteiger partial charge in [0.05, 0.1) is 0 Å². The molecular weight excluding hydrogens is 274 g/mol. The molecule has 1 aliphatic rings. The van der Waals surface area contributed by atoms with Crippen molar-refractivity contribution in [2.24, 2.45) is 0 Å². The molecule has 2 aromatic rings. The lowest BCUT2D eigenvalue weighted by Gasteiger charge is -2.06. The fraction of sp³-hybridized carbons (Fsp3) is 0.333. The second kappa shape index (κ2) is 5.73. The van der Waals surface area contributed by atoms with Gasteiger partial charge in [-0.25, -0.2) is 0 Å². The van der Waals surface area contributed by atoms with Gasteiger partial charge in [0.25, 0.3) is 0 Å². The Morgan fingerprint density at radius 1 is 1.25 bits per heavy atom. The first kappa shape index (κ1) is 13.3. The molecule has 2 heterocycles. The van der Waals surface area contributed by atoms with Gasteiger partial charge in [-0.3, -0.25) is 0 Å². The number of nitrogens with one attached hydrogen (secondary N) is 1. The smallest absolute Gasteiger partial charge is 0.231 e. The van der Waals surface area contributed by atoms with E-state index in [4.69, 9.17) is 14.2 Å². The third-order valence-electron chi connectivity index (χ3n) is 3.16. The maximum absolute atomic E-state index is 5.84. The maximum Gasteiger partial charge on any atom is 0.231 e. The number of aryl methyl sites for hydroxylation is 1. The Hall–Kier alpha value is -1.72. The molecule has 20 heavy (non-hydrogen) atoms. The molecule has 106 valence electrons. The molecule has 0 amide bonds. The SMILES string of the molecule is CNCc1cc(COc2ccc3c(c2)OCO3)c(C)s1. The van der Waals surface area contributed by atoms with Gasteiger partial charge in [-0.05, 0) is 32.2 Å². The summed E-state index contributed by atoms with van der Waals surface area (Å²) >= 11 is 1.81. The summed E-state index contributed by atoms with van der Waals surface area (Å²) in [4.78, 5) is 2.63. The average Bonchev–Trinajstić information content (AvgIpc) is 3.03. The number of ether oxygens (including phenoxy) is 3. The molecule has 0 spiro atoms. The molecule has 5 heteroatoms. The van der Waals surface area contributed by atoms with Crippen molar-refractivity contribution >= 4 is 11.3 Å². The zero-order chi connectivity index (χ0) is 13.9. The molecule has 0 bridgehead atoms. The molecule has 0 saturated carbocycles. The molecule has 3 rings (SSSR count). The first-order valence-electron chi connectivity index (χ1n) is 6.51. The standard InChI is InChI=1S/C15H17NO3S/c1-10-11(5-13(20-10)7-16-2)8-17-12-3-4-14-15(6-12)19-9-18-14/h3-6,16H,7-9H2,1-2H3. The highest BCUT2D eigenvalue weighted by atomic mass is 32.1. The number of hydrogen-bond donors (Lipinski definition) is 1. The predicted molar refractivity (Wildman–Crippen MR) is 78.7 cm³/mol. The van der Waals surface area contributed by atoms with Gasteiger partial charge in [0.2, 0.25) is 6.79 Å². The van der Waals surface area contributed by atoms with Crippen molar-refractivity contribution in [1.29, 1.82) is 0 Å². The van der Waals surface area contributed by atoms with Crippen LogP contribution >= 0.6 is 11.3 Å². The fourth-order valence-corrected chi connectivity index (χ4v) is 3.18. The van der Waals surface area contributed by atoms with Crippen LogP contribution in [0.2, 0.25) is 0 Å². The Morgan fingerprint density at radius 3 is 2.95 bits per heavy atom. The quantitative estimate of drug-likeness (QED) is 0.919. The number of rotatable bonds is 5. The van der Waals surface area contributed by atoms with Crippen LogP contribution in [0, 0.1) is 6.92 Å². The van der Waals surface area contributed by atoms with Gasteiger partial charge >= 0.3 is 0 Å². The molecule has 0 atom stereocenters. The highest BCUT2D eigenvalue weighted by Gasteiger charge is 2.14. The Bertz CT molecular complexity index is 609. The minimum Gasteiger partial charge on any atom is -0.489 e. The number of benzene rings is 1. The van der Waals surface area contributed by atoms with E-state index in [0.717, 1.165) is 23.8 Å². The predicted octanol–water partition coefficient (Wildman–Crippen LogP) is 3.08. The summed E-state index contributed by atoms with van der Waals surface area (Å²) in [7, 11) is 1.96. The Balaban J connectivity index is 1.67. The summed E-state index contributed by atoms with van der Waals surface area (Å²) in [6.07, 6.45) is 0. The zero-order valence-corrected chi connectivity index (χ0v) is 12.4. The van der Waals surface area contributed by atoms with E-state index < -0.39 is 0 Å². The fourth-order valence-electron chi connectivity index (χ4n) is 2.12. The van der Waals surface area contributed by atoms with Gasteiger partial charge in [-0.15, -0.1) is 11.3 Å². The van der Waals surface area contributed by atoms with Crippen LogP contribution in [0.15, 0.2) is 24.3 Å². The van der Waals surface area contributed by atoms with E-state index in [2.05, 4.69) is 18.3 Å². The summed E-state index contributed by atoms with van der Waals surface area (Å²) in [5, 5.41) is 3.17. The lowest BCUT2D eigenvalue weighted by molar-refractivity contribution is 0.173. The molecule has 0 saturated heterocycles. The van der Waals surface area contributed by atoms with Gasteiger partial charge in [0.15, 0.2) is 11.5 Å². The van der Waals surface area contributed by atoms with Crippen molar-refractivity contribution in [3.8, 4) is 17.2 Å². The zero-order valence-electron chi connectivity index (χ0n) is 11.6. The summed E-state index contributed by atoms with van der Waals surface area (Å²) in [5.41, 5.74) is 1.23. The number of fused-ring (bicyclic) bond motifs is 1. The second-order valence-electron chi connectivity index (χ2n) is 4.63. The Morgan fingerprint density at radius 2 is 2.10 bits per heavy atom. The van der Waals surface area contributed by atoms with Crippen molar-refractivity contribution in [1.82, 2.24) is 5.32 Å². The van der Waals surface area contributed by atoms with Gasteiger partial charge in [0, 0.05) is 27.9 Å². The van der Waals surface area contributed by atoms with E-state index in [1.54, 1.807) is 11.3 Å². The Labute approximate surface area is 122 Å². The third-order valence-corrected chi connectivity index (χ3v) is 4.25. The summed E-state index contributed by atoms with van der Waals surface area (Å²) < 4.78 is 16.5.